The summed E-state index contributed by atoms with van der Waals surface area (Å²) in [5.74, 6) is 2.39. The molecule has 0 saturated carbocycles. The molecule has 2 aromatic heterocycles. The number of carbonyl (C=O) groups is 1. The maximum atomic E-state index is 13.3. The minimum Gasteiger partial charge on any atom is -0.496 e. The van der Waals surface area contributed by atoms with Crippen molar-refractivity contribution in [2.45, 2.75) is 45.3 Å². The zero-order valence-corrected chi connectivity index (χ0v) is 19.4. The van der Waals surface area contributed by atoms with E-state index in [1.807, 2.05) is 54.0 Å². The fourth-order valence-corrected chi connectivity index (χ4v) is 4.55. The van der Waals surface area contributed by atoms with Gasteiger partial charge in [0.15, 0.2) is 34.7 Å². The Morgan fingerprint density at radius 2 is 2.03 bits per heavy atom. The summed E-state index contributed by atoms with van der Waals surface area (Å²) in [4.78, 5) is 17.4. The Labute approximate surface area is 197 Å². The van der Waals surface area contributed by atoms with Gasteiger partial charge in [-0.15, -0.1) is 10.2 Å². The number of methoxy groups -OCH3 is 1. The summed E-state index contributed by atoms with van der Waals surface area (Å²) in [5, 5.41) is 20.1. The van der Waals surface area contributed by atoms with Crippen molar-refractivity contribution in [1.82, 2.24) is 19.7 Å². The van der Waals surface area contributed by atoms with E-state index >= 15 is 0 Å². The van der Waals surface area contributed by atoms with E-state index in [0.29, 0.717) is 48.4 Å². The lowest BCUT2D eigenvalue weighted by atomic mass is 9.85. The number of oxazole rings is 1. The van der Waals surface area contributed by atoms with Crippen molar-refractivity contribution in [1.29, 1.82) is 0 Å². The summed E-state index contributed by atoms with van der Waals surface area (Å²) >= 11 is 0. The van der Waals surface area contributed by atoms with E-state index in [-0.39, 0.29) is 12.2 Å². The molecular weight excluding hydrogens is 432 g/mol. The van der Waals surface area contributed by atoms with Gasteiger partial charge in [-0.1, -0.05) is 30.3 Å². The van der Waals surface area contributed by atoms with Crippen LogP contribution in [0.3, 0.4) is 0 Å². The molecule has 8 nitrogen and oxygen atoms in total. The number of aromatic nitrogens is 4. The van der Waals surface area contributed by atoms with E-state index in [9.17, 15) is 9.90 Å². The molecule has 174 valence electrons. The number of hydrogen-bond donors (Lipinski definition) is 1. The van der Waals surface area contributed by atoms with Crippen molar-refractivity contribution in [3.05, 3.63) is 71.5 Å². The number of Topliss-reactive ketones (excluding diaryl/α,β-unsaturated/α-hetero) is 1. The van der Waals surface area contributed by atoms with E-state index in [1.54, 1.807) is 20.2 Å². The Morgan fingerprint density at radius 1 is 1.21 bits per heavy atom. The topological polar surface area (TPSA) is 103 Å². The van der Waals surface area contributed by atoms with Crippen LogP contribution in [0.2, 0.25) is 0 Å². The third-order valence-electron chi connectivity index (χ3n) is 6.46. The number of ether oxygens (including phenoxy) is 1. The summed E-state index contributed by atoms with van der Waals surface area (Å²) in [6, 6.07) is 13.4. The van der Waals surface area contributed by atoms with Crippen molar-refractivity contribution in [2.24, 2.45) is 0 Å². The maximum absolute atomic E-state index is 13.3. The molecule has 1 aliphatic rings. The number of ketones is 1. The highest BCUT2D eigenvalue weighted by atomic mass is 16.5. The first-order valence-electron chi connectivity index (χ1n) is 11.3. The summed E-state index contributed by atoms with van der Waals surface area (Å²) in [6.07, 6.45) is 2.76. The standard InChI is InChI=1S/C26H26N4O4/c1-16-7-4-5-8-18(16)14-23(31)26(32)11-6-12-30-24(28-29-25(26)30)19-9-10-20(21(13-19)33-3)22-15-27-17(2)34-22/h4-5,7-10,13,15,32H,6,11-12,14H2,1-3H3. The monoisotopic (exact) mass is 458 g/mol. The van der Waals surface area contributed by atoms with Crippen LogP contribution in [0.5, 0.6) is 5.75 Å². The van der Waals surface area contributed by atoms with Gasteiger partial charge in [0.1, 0.15) is 5.75 Å². The number of nitrogens with zero attached hydrogens (tertiary/aromatic N) is 4. The number of carbonyl (C=O) groups excluding carboxylic acids is 1. The van der Waals surface area contributed by atoms with Gasteiger partial charge in [-0.2, -0.15) is 0 Å². The molecule has 0 amide bonds. The molecule has 3 heterocycles. The third kappa shape index (κ3) is 3.70. The van der Waals surface area contributed by atoms with Crippen LogP contribution in [0.25, 0.3) is 22.7 Å². The van der Waals surface area contributed by atoms with Crippen LogP contribution >= 0.6 is 0 Å². The Kier molecular flexibility index (Phi) is 5.53. The lowest BCUT2D eigenvalue weighted by Gasteiger charge is -2.31. The van der Waals surface area contributed by atoms with Crippen molar-refractivity contribution >= 4 is 5.78 Å². The highest BCUT2D eigenvalue weighted by Crippen LogP contribution is 2.38. The molecule has 1 atom stereocenters. The van der Waals surface area contributed by atoms with Crippen LogP contribution in [-0.2, 0) is 23.4 Å². The molecule has 0 spiro atoms. The van der Waals surface area contributed by atoms with Gasteiger partial charge < -0.3 is 18.8 Å². The Hall–Kier alpha value is -3.78. The molecule has 4 aromatic rings. The second-order valence-electron chi connectivity index (χ2n) is 8.65. The van der Waals surface area contributed by atoms with E-state index < -0.39 is 5.60 Å². The first-order valence-corrected chi connectivity index (χ1v) is 11.3. The summed E-state index contributed by atoms with van der Waals surface area (Å²) in [5.41, 5.74) is 1.79. The van der Waals surface area contributed by atoms with Crippen LogP contribution < -0.4 is 4.74 Å². The molecule has 34 heavy (non-hydrogen) atoms. The predicted molar refractivity (Wildman–Crippen MR) is 125 cm³/mol. The average molecular weight is 459 g/mol. The van der Waals surface area contributed by atoms with Gasteiger partial charge in [0.25, 0.3) is 0 Å². The predicted octanol–water partition coefficient (Wildman–Crippen LogP) is 4.02. The van der Waals surface area contributed by atoms with E-state index in [2.05, 4.69) is 15.2 Å². The summed E-state index contributed by atoms with van der Waals surface area (Å²) in [6.45, 7) is 4.36. The van der Waals surface area contributed by atoms with E-state index in [0.717, 1.165) is 22.3 Å². The van der Waals surface area contributed by atoms with Crippen LogP contribution in [-0.4, -0.2) is 37.7 Å². The zero-order chi connectivity index (χ0) is 23.9. The molecule has 2 aromatic carbocycles. The normalized spacial score (nSPS) is 17.4. The van der Waals surface area contributed by atoms with Gasteiger partial charge in [0.2, 0.25) is 0 Å². The lowest BCUT2D eigenvalue weighted by Crippen LogP contribution is -2.42. The number of aliphatic hydroxyl groups is 1. The summed E-state index contributed by atoms with van der Waals surface area (Å²) < 4.78 is 13.1. The number of fused-ring (bicyclic) bond motifs is 1. The second kappa shape index (κ2) is 8.53. The number of rotatable bonds is 6. The van der Waals surface area contributed by atoms with Gasteiger partial charge in [0, 0.05) is 25.5 Å². The van der Waals surface area contributed by atoms with Crippen LogP contribution in [0.4, 0.5) is 0 Å². The van der Waals surface area contributed by atoms with Crippen molar-refractivity contribution in [2.75, 3.05) is 7.11 Å². The van der Waals surface area contributed by atoms with Crippen molar-refractivity contribution in [3.63, 3.8) is 0 Å². The largest absolute Gasteiger partial charge is 0.496 e. The first kappa shape index (κ1) is 22.0. The lowest BCUT2D eigenvalue weighted by molar-refractivity contribution is -0.141. The minimum atomic E-state index is -1.67. The van der Waals surface area contributed by atoms with E-state index in [4.69, 9.17) is 9.15 Å². The van der Waals surface area contributed by atoms with Gasteiger partial charge in [0.05, 0.1) is 18.9 Å². The SMILES string of the molecule is COc1cc(-c2nnc3n2CCCC3(O)C(=O)Cc2ccccc2C)ccc1-c1cnc(C)o1. The molecule has 0 aliphatic carbocycles. The molecule has 0 fully saturated rings. The fourth-order valence-electron chi connectivity index (χ4n) is 4.55. The molecule has 0 bridgehead atoms. The molecule has 1 aliphatic heterocycles. The number of hydrogen-bond acceptors (Lipinski definition) is 7. The Balaban J connectivity index is 1.50. The van der Waals surface area contributed by atoms with Crippen molar-refractivity contribution in [3.8, 4) is 28.5 Å². The van der Waals surface area contributed by atoms with Crippen LogP contribution in [0, 0.1) is 13.8 Å². The molecule has 1 unspecified atom stereocenters. The van der Waals surface area contributed by atoms with E-state index in [1.165, 1.54) is 0 Å². The number of benzene rings is 2. The Bertz CT molecular complexity index is 1370. The zero-order valence-electron chi connectivity index (χ0n) is 19.4. The van der Waals surface area contributed by atoms with Gasteiger partial charge >= 0.3 is 0 Å². The minimum absolute atomic E-state index is 0.143. The number of aryl methyl sites for hydroxylation is 2. The molecule has 8 heteroatoms. The van der Waals surface area contributed by atoms with Gasteiger partial charge in [-0.05, 0) is 43.0 Å². The fraction of sp³-hybridized carbons (Fsp3) is 0.308. The molecule has 0 radical (unpaired) electrons. The molecule has 5 rings (SSSR count). The van der Waals surface area contributed by atoms with Gasteiger partial charge in [-0.3, -0.25) is 4.79 Å². The van der Waals surface area contributed by atoms with Crippen molar-refractivity contribution < 1.29 is 19.1 Å². The van der Waals surface area contributed by atoms with Gasteiger partial charge in [-0.25, -0.2) is 4.98 Å². The quantitative estimate of drug-likeness (QED) is 0.465. The average Bonchev–Trinajstić information content (AvgIpc) is 3.47. The highest BCUT2D eigenvalue weighted by Gasteiger charge is 2.44. The third-order valence-corrected chi connectivity index (χ3v) is 6.46. The summed E-state index contributed by atoms with van der Waals surface area (Å²) in [7, 11) is 1.59. The Morgan fingerprint density at radius 3 is 2.76 bits per heavy atom. The second-order valence-corrected chi connectivity index (χ2v) is 8.65. The first-order chi connectivity index (χ1) is 16.4. The molecular formula is C26H26N4O4. The molecule has 1 N–H and O–H groups in total. The van der Waals surface area contributed by atoms with Crippen LogP contribution in [0.1, 0.15) is 35.7 Å². The van der Waals surface area contributed by atoms with Crippen LogP contribution in [0.15, 0.2) is 53.1 Å². The smallest absolute Gasteiger partial charge is 0.191 e. The maximum Gasteiger partial charge on any atom is 0.191 e. The highest BCUT2D eigenvalue weighted by molar-refractivity contribution is 5.90. The molecule has 0 saturated heterocycles.